The van der Waals surface area contributed by atoms with E-state index in [2.05, 4.69) is 90.0 Å². The Morgan fingerprint density at radius 3 is 1.19 bits per heavy atom. The molecule has 3 rings (SSSR count). The van der Waals surface area contributed by atoms with Crippen molar-refractivity contribution in [3.05, 3.63) is 42.3 Å². The van der Waals surface area contributed by atoms with Gasteiger partial charge in [-0.2, -0.15) is 0 Å². The molecule has 0 aromatic heterocycles. The van der Waals surface area contributed by atoms with Crippen LogP contribution in [0.15, 0.2) is 42.3 Å². The molecule has 0 amide bonds. The second-order valence-electron chi connectivity index (χ2n) is 10.4. The fourth-order valence-electron chi connectivity index (χ4n) is 6.04. The quantitative estimate of drug-likeness (QED) is 0.451. The normalized spacial score (nSPS) is 30.5. The van der Waals surface area contributed by atoms with Gasteiger partial charge in [-0.05, 0) is 0 Å². The standard InChI is InChI=1S/C10H15.2C8H13P.2ClH.Zr/c1-7-6-10(4,5)9(3)8(7)2;2*1-5-6(2)8(4)9-7(5)3;;;/h1-5H3;2*7H,1-4H3;2*1H;. The van der Waals surface area contributed by atoms with Gasteiger partial charge in [-0.15, -0.1) is 0 Å². The summed E-state index contributed by atoms with van der Waals surface area (Å²) in [6.45, 7) is 32.4. The molecule has 0 aromatic rings. The van der Waals surface area contributed by atoms with Crippen LogP contribution in [0.2, 0.25) is 0 Å². The van der Waals surface area contributed by atoms with Crippen LogP contribution in [0.4, 0.5) is 0 Å². The van der Waals surface area contributed by atoms with Crippen LogP contribution >= 0.6 is 9.68 Å². The number of rotatable bonds is 3. The maximum atomic E-state index is 2.60. The van der Waals surface area contributed by atoms with Gasteiger partial charge >= 0.3 is 190 Å². The molecule has 0 saturated carbocycles. The van der Waals surface area contributed by atoms with Gasteiger partial charge in [0, 0.05) is 0 Å². The predicted molar refractivity (Wildman–Crippen MR) is 139 cm³/mol. The number of halogens is 2. The maximum absolute atomic E-state index is 2.60. The Bertz CT molecular complexity index is 950. The summed E-state index contributed by atoms with van der Waals surface area (Å²) >= 11 is -1.95. The van der Waals surface area contributed by atoms with Crippen molar-refractivity contribution < 1.29 is 45.4 Å². The average molecular weight is 580 g/mol. The van der Waals surface area contributed by atoms with Crippen molar-refractivity contribution >= 4 is 20.3 Å². The Labute approximate surface area is 213 Å². The van der Waals surface area contributed by atoms with Crippen molar-refractivity contribution in [2.45, 2.75) is 101 Å². The summed E-state index contributed by atoms with van der Waals surface area (Å²) in [6, 6.07) is 0. The molecule has 0 nitrogen and oxygen atoms in total. The molecule has 1 aliphatic carbocycles. The second-order valence-corrected chi connectivity index (χ2v) is 35.2. The van der Waals surface area contributed by atoms with Crippen LogP contribution in [0.25, 0.3) is 0 Å². The zero-order valence-electron chi connectivity index (χ0n) is 21.9. The molecule has 0 bridgehead atoms. The predicted octanol–water partition coefficient (Wildman–Crippen LogP) is 2.38. The van der Waals surface area contributed by atoms with Crippen LogP contribution in [0.3, 0.4) is 0 Å². The Morgan fingerprint density at radius 2 is 0.968 bits per heavy atom. The summed E-state index contributed by atoms with van der Waals surface area (Å²) in [5, 5.41) is 3.71. The third-order valence-electron chi connectivity index (χ3n) is 9.13. The van der Waals surface area contributed by atoms with Crippen LogP contribution in [0.1, 0.15) is 90.0 Å². The van der Waals surface area contributed by atoms with E-state index in [0.717, 1.165) is 11.3 Å². The van der Waals surface area contributed by atoms with E-state index in [9.17, 15) is 0 Å². The van der Waals surface area contributed by atoms with Gasteiger partial charge in [0.05, 0.1) is 0 Å². The van der Waals surface area contributed by atoms with E-state index < -0.39 is 30.3 Å². The molecule has 2 aliphatic heterocycles. The molecule has 4 atom stereocenters. The molecule has 3 aliphatic rings. The Balaban J connectivity index is 0.00000240. The van der Waals surface area contributed by atoms with Gasteiger partial charge in [-0.3, -0.25) is 0 Å². The summed E-state index contributed by atoms with van der Waals surface area (Å²) in [5.41, 5.74) is 13.7. The smallest absolute Gasteiger partial charge is 1.00 e. The maximum Gasteiger partial charge on any atom is -1.00 e. The van der Waals surface area contributed by atoms with Crippen LogP contribution in [0, 0.1) is 5.41 Å². The molecule has 0 N–H and O–H groups in total. The Hall–Kier alpha value is 1.02. The van der Waals surface area contributed by atoms with Crippen molar-refractivity contribution in [1.29, 1.82) is 0 Å². The first-order valence-electron chi connectivity index (χ1n) is 11.3. The first-order chi connectivity index (χ1) is 13.3. The van der Waals surface area contributed by atoms with Gasteiger partial charge in [0.15, 0.2) is 0 Å². The van der Waals surface area contributed by atoms with E-state index in [1.165, 1.54) is 0 Å². The molecule has 4 unspecified atom stereocenters. The van der Waals surface area contributed by atoms with Crippen LogP contribution < -0.4 is 24.8 Å². The van der Waals surface area contributed by atoms with E-state index in [1.54, 1.807) is 39.0 Å². The van der Waals surface area contributed by atoms with Crippen molar-refractivity contribution in [2.75, 3.05) is 0 Å². The third kappa shape index (κ3) is 4.40. The van der Waals surface area contributed by atoms with E-state index >= 15 is 0 Å². The van der Waals surface area contributed by atoms with Crippen LogP contribution in [0.5, 0.6) is 0 Å². The zero-order valence-corrected chi connectivity index (χ0v) is 27.9. The molecule has 0 fully saturated rings. The minimum atomic E-state index is -1.95. The SMILES string of the molecule is CC1=C(C)C(C)[PH]([Zr+2]([C]2=C(C)C(C)=C(C)C2(C)C)[PH]2=C(C)C(C)=C(C)C2C)=C1C.[Cl-].[Cl-]. The van der Waals surface area contributed by atoms with E-state index in [1.807, 2.05) is 13.9 Å². The molecule has 0 aromatic carbocycles. The fraction of sp³-hybridized carbons (Fsp3) is 0.615. The Kier molecular flexibility index (Phi) is 10.0. The molecule has 175 valence electrons. The molecular formula is C26H43Cl2P2Zr. The first kappa shape index (κ1) is 30.1. The monoisotopic (exact) mass is 577 g/mol. The molecule has 5 heteroatoms. The molecule has 31 heavy (non-hydrogen) atoms. The molecule has 0 saturated heterocycles. The van der Waals surface area contributed by atoms with Gasteiger partial charge in [0.2, 0.25) is 0 Å². The minimum Gasteiger partial charge on any atom is -1.00 e. The average Bonchev–Trinajstić information content (AvgIpc) is 3.04. The summed E-state index contributed by atoms with van der Waals surface area (Å²) in [5.74, 6) is 0. The summed E-state index contributed by atoms with van der Waals surface area (Å²) < 4.78 is 2.01. The summed E-state index contributed by atoms with van der Waals surface area (Å²) in [7, 11) is 0. The fourth-order valence-corrected chi connectivity index (χ4v) is 65.1. The zero-order chi connectivity index (χ0) is 22.2. The third-order valence-corrected chi connectivity index (χ3v) is 51.2. The van der Waals surface area contributed by atoms with E-state index in [-0.39, 0.29) is 30.2 Å². The van der Waals surface area contributed by atoms with Crippen LogP contribution in [-0.4, -0.2) is 21.9 Å². The second kappa shape index (κ2) is 10.3. The molecule has 0 spiro atoms. The summed E-state index contributed by atoms with van der Waals surface area (Å²) in [6.07, 6.45) is 0. The van der Waals surface area contributed by atoms with E-state index in [0.29, 0.717) is 0 Å². The first-order valence-corrected chi connectivity index (χ1v) is 23.1. The topological polar surface area (TPSA) is 0 Å². The van der Waals surface area contributed by atoms with Gasteiger partial charge in [-0.25, -0.2) is 0 Å². The molecule has 0 radical (unpaired) electrons. The van der Waals surface area contributed by atoms with Crippen molar-refractivity contribution in [2.24, 2.45) is 5.41 Å². The summed E-state index contributed by atoms with van der Waals surface area (Å²) in [4.78, 5) is -0.954. The number of hydrogen-bond donors (Lipinski definition) is 0. The van der Waals surface area contributed by atoms with Gasteiger partial charge in [0.25, 0.3) is 0 Å². The Morgan fingerprint density at radius 1 is 0.613 bits per heavy atom. The number of allylic oxidation sites excluding steroid dienone is 8. The van der Waals surface area contributed by atoms with Crippen molar-refractivity contribution in [3.8, 4) is 0 Å². The van der Waals surface area contributed by atoms with E-state index in [4.69, 9.17) is 0 Å². The van der Waals surface area contributed by atoms with Gasteiger partial charge < -0.3 is 24.8 Å². The largest absolute Gasteiger partial charge is 1.00 e. The number of hydrogen-bond acceptors (Lipinski definition) is 0. The van der Waals surface area contributed by atoms with Crippen molar-refractivity contribution in [3.63, 3.8) is 0 Å². The minimum absolute atomic E-state index is 0. The van der Waals surface area contributed by atoms with Gasteiger partial charge in [-0.1, -0.05) is 0 Å². The van der Waals surface area contributed by atoms with Gasteiger partial charge in [0.1, 0.15) is 0 Å². The van der Waals surface area contributed by atoms with Crippen molar-refractivity contribution in [1.82, 2.24) is 0 Å². The van der Waals surface area contributed by atoms with Crippen LogP contribution in [-0.2, 0) is 20.6 Å². The molecule has 2 heterocycles. The molecular weight excluding hydrogens is 536 g/mol.